The van der Waals surface area contributed by atoms with Gasteiger partial charge in [0.1, 0.15) is 17.9 Å². The number of nitrogens with zero attached hydrogens (tertiary/aromatic N) is 2. The number of piperidine rings is 1. The van der Waals surface area contributed by atoms with Gasteiger partial charge in [0.25, 0.3) is 0 Å². The number of allylic oxidation sites excluding steroid dienone is 3. The van der Waals surface area contributed by atoms with E-state index in [1.165, 1.54) is 0 Å². The largest absolute Gasteiger partial charge is 0.493 e. The second-order valence-electron chi connectivity index (χ2n) is 7.62. The number of ether oxygens (including phenoxy) is 2. The van der Waals surface area contributed by atoms with Crippen LogP contribution in [0.25, 0.3) is 0 Å². The maximum atomic E-state index is 11.4. The Kier molecular flexibility index (Phi) is 2.68. The minimum absolute atomic E-state index is 0.00269. The highest BCUT2D eigenvalue weighted by molar-refractivity contribution is 5.38. The third-order valence-electron chi connectivity index (χ3n) is 6.99. The van der Waals surface area contributed by atoms with Crippen molar-refractivity contribution in [1.82, 2.24) is 4.90 Å². The van der Waals surface area contributed by atoms with E-state index in [2.05, 4.69) is 35.4 Å². The molecule has 0 amide bonds. The van der Waals surface area contributed by atoms with E-state index >= 15 is 0 Å². The van der Waals surface area contributed by atoms with Crippen molar-refractivity contribution < 1.29 is 9.47 Å². The van der Waals surface area contributed by atoms with E-state index in [0.29, 0.717) is 23.8 Å². The summed E-state index contributed by atoms with van der Waals surface area (Å²) in [6.07, 6.45) is 10.6. The van der Waals surface area contributed by atoms with Crippen molar-refractivity contribution in [2.45, 2.75) is 31.0 Å². The molecule has 0 N–H and O–H groups in total. The van der Waals surface area contributed by atoms with Gasteiger partial charge in [-0.05, 0) is 38.4 Å². The Morgan fingerprint density at radius 3 is 3.04 bits per heavy atom. The van der Waals surface area contributed by atoms with Crippen molar-refractivity contribution in [1.29, 1.82) is 0 Å². The van der Waals surface area contributed by atoms with Gasteiger partial charge in [-0.3, -0.25) is 0 Å². The van der Waals surface area contributed by atoms with Crippen LogP contribution in [0, 0.1) is 28.1 Å². The second-order valence-corrected chi connectivity index (χ2v) is 7.62. The van der Waals surface area contributed by atoms with Crippen LogP contribution in [-0.4, -0.2) is 43.8 Å². The molecule has 5 heteroatoms. The molecule has 5 aliphatic rings. The van der Waals surface area contributed by atoms with Crippen molar-refractivity contribution in [2.24, 2.45) is 28.3 Å². The number of hydrogen-bond donors (Lipinski definition) is 0. The zero-order valence-corrected chi connectivity index (χ0v) is 13.5. The van der Waals surface area contributed by atoms with Crippen LogP contribution in [0.5, 0.6) is 0 Å². The highest BCUT2D eigenvalue weighted by Gasteiger charge is 2.69. The fourth-order valence-corrected chi connectivity index (χ4v) is 6.09. The second kappa shape index (κ2) is 4.47. The molecule has 0 aromatic rings. The smallest absolute Gasteiger partial charge is 0.156 e. The standard InChI is InChI=1S/C18H22N2O3/c1-20-8-7-18-11-4-5-12(19-21)17(18)23-16-14(22-2)6-3-10(15(16)18)9-13(11)20/h3-6,10-13,15,17H,7-9H2,1-2H3/t10?,11-,12?,13+,15?,17-,18-/m0/s1. The molecule has 0 radical (unpaired) electrons. The highest BCUT2D eigenvalue weighted by atomic mass is 16.5. The molecule has 1 saturated carbocycles. The molecule has 2 heterocycles. The Labute approximate surface area is 136 Å². The lowest BCUT2D eigenvalue weighted by Crippen LogP contribution is -2.64. The summed E-state index contributed by atoms with van der Waals surface area (Å²) in [5.74, 6) is 3.03. The van der Waals surface area contributed by atoms with Crippen LogP contribution < -0.4 is 0 Å². The molecule has 2 bridgehead atoms. The third-order valence-corrected chi connectivity index (χ3v) is 6.99. The maximum Gasteiger partial charge on any atom is 0.156 e. The van der Waals surface area contributed by atoms with Crippen LogP contribution in [0.1, 0.15) is 12.8 Å². The molecule has 23 heavy (non-hydrogen) atoms. The first-order valence-electron chi connectivity index (χ1n) is 8.54. The molecule has 2 saturated heterocycles. The lowest BCUT2D eigenvalue weighted by molar-refractivity contribution is -0.0992. The molecule has 3 unspecified atom stereocenters. The first-order valence-corrected chi connectivity index (χ1v) is 8.54. The summed E-state index contributed by atoms with van der Waals surface area (Å²) in [7, 11) is 3.92. The Morgan fingerprint density at radius 2 is 2.26 bits per heavy atom. The molecule has 0 aromatic heterocycles. The highest BCUT2D eigenvalue weighted by Crippen LogP contribution is 2.67. The van der Waals surface area contributed by atoms with Gasteiger partial charge in [0.15, 0.2) is 5.76 Å². The van der Waals surface area contributed by atoms with Gasteiger partial charge in [-0.2, -0.15) is 4.91 Å². The number of likely N-dealkylation sites (tertiary alicyclic amines) is 1. The average Bonchev–Trinajstić information content (AvgIpc) is 2.92. The average molecular weight is 314 g/mol. The summed E-state index contributed by atoms with van der Waals surface area (Å²) in [5, 5.41) is 3.38. The van der Waals surface area contributed by atoms with E-state index in [4.69, 9.17) is 9.47 Å². The zero-order chi connectivity index (χ0) is 15.8. The van der Waals surface area contributed by atoms with Gasteiger partial charge in [0.2, 0.25) is 0 Å². The summed E-state index contributed by atoms with van der Waals surface area (Å²) < 4.78 is 12.0. The Morgan fingerprint density at radius 1 is 1.39 bits per heavy atom. The topological polar surface area (TPSA) is 51.1 Å². The van der Waals surface area contributed by atoms with Crippen LogP contribution in [0.2, 0.25) is 0 Å². The van der Waals surface area contributed by atoms with Crippen LogP contribution in [-0.2, 0) is 9.47 Å². The Hall–Kier alpha value is -1.62. The molecule has 2 aliphatic heterocycles. The quantitative estimate of drug-likeness (QED) is 0.580. The molecule has 5 nitrogen and oxygen atoms in total. The minimum Gasteiger partial charge on any atom is -0.493 e. The van der Waals surface area contributed by atoms with Crippen molar-refractivity contribution in [3.63, 3.8) is 0 Å². The lowest BCUT2D eigenvalue weighted by Gasteiger charge is -2.60. The lowest BCUT2D eigenvalue weighted by atomic mass is 9.47. The number of hydrogen-bond acceptors (Lipinski definition) is 5. The Balaban J connectivity index is 1.73. The minimum atomic E-state index is -0.384. The number of nitroso groups, excluding NO2 is 1. The normalized spacial score (nSPS) is 49.7. The predicted octanol–water partition coefficient (Wildman–Crippen LogP) is 2.46. The van der Waals surface area contributed by atoms with E-state index in [1.54, 1.807) is 7.11 Å². The van der Waals surface area contributed by atoms with Crippen molar-refractivity contribution in [3.05, 3.63) is 40.7 Å². The first-order chi connectivity index (χ1) is 11.2. The molecule has 122 valence electrons. The van der Waals surface area contributed by atoms with E-state index in [0.717, 1.165) is 30.9 Å². The fraction of sp³-hybridized carbons (Fsp3) is 0.667. The molecular weight excluding hydrogens is 292 g/mol. The summed E-state index contributed by atoms with van der Waals surface area (Å²) in [4.78, 5) is 13.9. The van der Waals surface area contributed by atoms with E-state index in [9.17, 15) is 4.91 Å². The molecule has 5 rings (SSSR count). The summed E-state index contributed by atoms with van der Waals surface area (Å²) >= 11 is 0. The molecule has 3 aliphatic carbocycles. The van der Waals surface area contributed by atoms with E-state index < -0.39 is 0 Å². The van der Waals surface area contributed by atoms with Crippen molar-refractivity contribution >= 4 is 0 Å². The SMILES string of the molecule is COC1=C2O[C@H]3C(N=O)C=C[C@H]4[C@H]5CC(C=C1)C2[C@@]34CCN5C. The summed E-state index contributed by atoms with van der Waals surface area (Å²) in [5.41, 5.74) is -0.00269. The third kappa shape index (κ3) is 1.47. The molecule has 7 atom stereocenters. The van der Waals surface area contributed by atoms with Crippen LogP contribution in [0.3, 0.4) is 0 Å². The van der Waals surface area contributed by atoms with E-state index in [-0.39, 0.29) is 17.6 Å². The molecule has 0 aromatic carbocycles. The van der Waals surface area contributed by atoms with Crippen molar-refractivity contribution in [2.75, 3.05) is 20.7 Å². The zero-order valence-electron chi connectivity index (χ0n) is 13.5. The fourth-order valence-electron chi connectivity index (χ4n) is 6.09. The predicted molar refractivity (Wildman–Crippen MR) is 85.3 cm³/mol. The monoisotopic (exact) mass is 314 g/mol. The van der Waals surface area contributed by atoms with Crippen LogP contribution >= 0.6 is 0 Å². The molecular formula is C18H22N2O3. The van der Waals surface area contributed by atoms with E-state index in [1.807, 2.05) is 6.08 Å². The van der Waals surface area contributed by atoms with Crippen LogP contribution in [0.15, 0.2) is 41.0 Å². The first kappa shape index (κ1) is 13.8. The summed E-state index contributed by atoms with van der Waals surface area (Å²) in [6, 6.07) is 0.137. The van der Waals surface area contributed by atoms with Gasteiger partial charge in [-0.1, -0.05) is 23.4 Å². The van der Waals surface area contributed by atoms with Crippen molar-refractivity contribution in [3.8, 4) is 0 Å². The van der Waals surface area contributed by atoms with Gasteiger partial charge in [0.05, 0.1) is 7.11 Å². The molecule has 1 spiro atoms. The van der Waals surface area contributed by atoms with Gasteiger partial charge in [-0.25, -0.2) is 0 Å². The molecule has 3 fully saturated rings. The van der Waals surface area contributed by atoms with Gasteiger partial charge in [0, 0.05) is 23.3 Å². The van der Waals surface area contributed by atoms with Gasteiger partial charge >= 0.3 is 0 Å². The maximum absolute atomic E-state index is 11.4. The summed E-state index contributed by atoms with van der Waals surface area (Å²) in [6.45, 7) is 1.06. The Bertz CT molecular complexity index is 655. The number of methoxy groups -OCH3 is 1. The van der Waals surface area contributed by atoms with Gasteiger partial charge in [-0.15, -0.1) is 0 Å². The van der Waals surface area contributed by atoms with Gasteiger partial charge < -0.3 is 14.4 Å². The number of rotatable bonds is 2. The van der Waals surface area contributed by atoms with Crippen LogP contribution in [0.4, 0.5) is 0 Å².